The molecule has 0 bridgehead atoms. The van der Waals surface area contributed by atoms with Crippen molar-refractivity contribution in [1.82, 2.24) is 15.1 Å². The fourth-order valence-electron chi connectivity index (χ4n) is 1.57. The van der Waals surface area contributed by atoms with Crippen molar-refractivity contribution in [2.45, 2.75) is 20.3 Å². The number of nitrogens with one attached hydrogen (secondary N) is 1. The van der Waals surface area contributed by atoms with Crippen molar-refractivity contribution >= 4 is 17.9 Å². The SMILES string of the molecule is CCCN(CC(=O)NC)C(=O)N(C)CC(C)C(=O)O. The molecule has 7 heteroatoms. The van der Waals surface area contributed by atoms with Crippen LogP contribution in [0.4, 0.5) is 4.79 Å². The summed E-state index contributed by atoms with van der Waals surface area (Å²) in [5.74, 6) is -1.84. The number of urea groups is 1. The number of hydrogen-bond acceptors (Lipinski definition) is 3. The first kappa shape index (κ1) is 17.2. The Kier molecular flexibility index (Phi) is 7.55. The molecule has 0 aliphatic rings. The Morgan fingerprint density at radius 2 is 1.89 bits per heavy atom. The van der Waals surface area contributed by atoms with E-state index in [2.05, 4.69) is 5.32 Å². The van der Waals surface area contributed by atoms with Crippen molar-refractivity contribution in [1.29, 1.82) is 0 Å². The van der Waals surface area contributed by atoms with E-state index in [1.54, 1.807) is 0 Å². The number of carbonyl (C=O) groups is 3. The second-order valence-corrected chi connectivity index (χ2v) is 4.50. The molecule has 1 atom stereocenters. The molecule has 0 fully saturated rings. The number of hydrogen-bond donors (Lipinski definition) is 2. The summed E-state index contributed by atoms with van der Waals surface area (Å²) in [6.45, 7) is 3.99. The van der Waals surface area contributed by atoms with Gasteiger partial charge in [0.05, 0.1) is 5.92 Å². The zero-order chi connectivity index (χ0) is 15.0. The van der Waals surface area contributed by atoms with E-state index in [0.29, 0.717) is 6.54 Å². The lowest BCUT2D eigenvalue weighted by atomic mass is 10.2. The highest BCUT2D eigenvalue weighted by atomic mass is 16.4. The van der Waals surface area contributed by atoms with E-state index < -0.39 is 11.9 Å². The number of amides is 3. The summed E-state index contributed by atoms with van der Waals surface area (Å²) in [5, 5.41) is 11.3. The van der Waals surface area contributed by atoms with Crippen LogP contribution in [-0.2, 0) is 9.59 Å². The summed E-state index contributed by atoms with van der Waals surface area (Å²) in [6, 6.07) is -0.335. The van der Waals surface area contributed by atoms with Gasteiger partial charge >= 0.3 is 12.0 Å². The maximum atomic E-state index is 12.1. The summed E-state index contributed by atoms with van der Waals surface area (Å²) >= 11 is 0. The van der Waals surface area contributed by atoms with Crippen LogP contribution in [-0.4, -0.2) is 66.5 Å². The predicted octanol–water partition coefficient (Wildman–Crippen LogP) is 0.217. The van der Waals surface area contributed by atoms with Gasteiger partial charge in [-0.05, 0) is 6.42 Å². The van der Waals surface area contributed by atoms with Gasteiger partial charge in [-0.25, -0.2) is 4.79 Å². The van der Waals surface area contributed by atoms with E-state index in [1.807, 2.05) is 6.92 Å². The molecule has 0 aromatic heterocycles. The summed E-state index contributed by atoms with van der Waals surface area (Å²) in [5.41, 5.74) is 0. The first-order valence-corrected chi connectivity index (χ1v) is 6.26. The molecule has 0 heterocycles. The Morgan fingerprint density at radius 3 is 2.32 bits per heavy atom. The number of likely N-dealkylation sites (N-methyl/N-ethyl adjacent to an activating group) is 1. The molecule has 1 unspecified atom stereocenters. The van der Waals surface area contributed by atoms with E-state index >= 15 is 0 Å². The molecule has 0 saturated carbocycles. The molecule has 2 N–H and O–H groups in total. The van der Waals surface area contributed by atoms with E-state index in [4.69, 9.17) is 5.11 Å². The number of rotatable bonds is 7. The minimum atomic E-state index is -0.951. The maximum absolute atomic E-state index is 12.1. The average Bonchev–Trinajstić information content (AvgIpc) is 2.36. The van der Waals surface area contributed by atoms with Gasteiger partial charge in [-0.2, -0.15) is 0 Å². The highest BCUT2D eigenvalue weighted by Gasteiger charge is 2.22. The lowest BCUT2D eigenvalue weighted by Crippen LogP contribution is -2.47. The molecule has 0 rings (SSSR count). The molecular formula is C12H23N3O4. The topological polar surface area (TPSA) is 90.0 Å². The Labute approximate surface area is 113 Å². The standard InChI is InChI=1S/C12H23N3O4/c1-5-6-15(8-10(16)13-3)12(19)14(4)7-9(2)11(17)18/h9H,5-8H2,1-4H3,(H,13,16)(H,17,18). The average molecular weight is 273 g/mol. The van der Waals surface area contributed by atoms with E-state index in [9.17, 15) is 14.4 Å². The van der Waals surface area contributed by atoms with Gasteiger partial charge in [0.15, 0.2) is 0 Å². The van der Waals surface area contributed by atoms with Crippen LogP contribution in [0.5, 0.6) is 0 Å². The highest BCUT2D eigenvalue weighted by Crippen LogP contribution is 2.03. The normalized spacial score (nSPS) is 11.6. The van der Waals surface area contributed by atoms with Gasteiger partial charge < -0.3 is 20.2 Å². The summed E-state index contributed by atoms with van der Waals surface area (Å²) < 4.78 is 0. The summed E-state index contributed by atoms with van der Waals surface area (Å²) in [4.78, 5) is 37.0. The summed E-state index contributed by atoms with van der Waals surface area (Å²) in [7, 11) is 3.04. The zero-order valence-corrected chi connectivity index (χ0v) is 12.0. The monoisotopic (exact) mass is 273 g/mol. The van der Waals surface area contributed by atoms with Crippen LogP contribution >= 0.6 is 0 Å². The fourth-order valence-corrected chi connectivity index (χ4v) is 1.57. The second-order valence-electron chi connectivity index (χ2n) is 4.50. The molecule has 0 saturated heterocycles. The van der Waals surface area contributed by atoms with Crippen LogP contribution in [0.25, 0.3) is 0 Å². The van der Waals surface area contributed by atoms with Crippen molar-refractivity contribution in [2.24, 2.45) is 5.92 Å². The third-order valence-corrected chi connectivity index (χ3v) is 2.67. The van der Waals surface area contributed by atoms with E-state index in [1.165, 1.54) is 30.8 Å². The highest BCUT2D eigenvalue weighted by molar-refractivity contribution is 5.84. The van der Waals surface area contributed by atoms with Crippen LogP contribution in [0.1, 0.15) is 20.3 Å². The minimum Gasteiger partial charge on any atom is -0.481 e. The van der Waals surface area contributed by atoms with Crippen molar-refractivity contribution in [3.05, 3.63) is 0 Å². The van der Waals surface area contributed by atoms with Crippen LogP contribution in [0.2, 0.25) is 0 Å². The molecule has 0 spiro atoms. The second kappa shape index (κ2) is 8.34. The molecule has 0 aromatic carbocycles. The minimum absolute atomic E-state index is 0.0189. The van der Waals surface area contributed by atoms with Crippen molar-refractivity contribution < 1.29 is 19.5 Å². The number of carboxylic acids is 1. The molecule has 0 radical (unpaired) electrons. The zero-order valence-electron chi connectivity index (χ0n) is 12.0. The van der Waals surface area contributed by atoms with Gasteiger partial charge in [0.2, 0.25) is 5.91 Å². The number of aliphatic carboxylic acids is 1. The van der Waals surface area contributed by atoms with Gasteiger partial charge in [0.25, 0.3) is 0 Å². The lowest BCUT2D eigenvalue weighted by molar-refractivity contribution is -0.141. The largest absolute Gasteiger partial charge is 0.481 e. The molecule has 0 aliphatic carbocycles. The third-order valence-electron chi connectivity index (χ3n) is 2.67. The van der Waals surface area contributed by atoms with Crippen molar-refractivity contribution in [3.63, 3.8) is 0 Å². The van der Waals surface area contributed by atoms with Gasteiger partial charge in [-0.1, -0.05) is 13.8 Å². The Hall–Kier alpha value is -1.79. The van der Waals surface area contributed by atoms with Gasteiger partial charge in [-0.3, -0.25) is 9.59 Å². The molecule has 3 amide bonds. The van der Waals surface area contributed by atoms with Gasteiger partial charge in [-0.15, -0.1) is 0 Å². The Bertz CT molecular complexity index is 333. The smallest absolute Gasteiger partial charge is 0.320 e. The van der Waals surface area contributed by atoms with Crippen LogP contribution < -0.4 is 5.32 Å². The Morgan fingerprint density at radius 1 is 1.32 bits per heavy atom. The van der Waals surface area contributed by atoms with E-state index in [0.717, 1.165) is 6.42 Å². The lowest BCUT2D eigenvalue weighted by Gasteiger charge is -2.28. The fraction of sp³-hybridized carbons (Fsp3) is 0.750. The number of nitrogens with zero attached hydrogens (tertiary/aromatic N) is 2. The maximum Gasteiger partial charge on any atom is 0.320 e. The molecule has 110 valence electrons. The molecule has 0 aliphatic heterocycles. The van der Waals surface area contributed by atoms with Gasteiger partial charge in [0, 0.05) is 27.2 Å². The number of carbonyl (C=O) groups excluding carboxylic acids is 2. The van der Waals surface area contributed by atoms with Crippen LogP contribution in [0, 0.1) is 5.92 Å². The van der Waals surface area contributed by atoms with Crippen molar-refractivity contribution in [2.75, 3.05) is 33.7 Å². The molecular weight excluding hydrogens is 250 g/mol. The van der Waals surface area contributed by atoms with Crippen LogP contribution in [0.15, 0.2) is 0 Å². The third kappa shape index (κ3) is 6.08. The predicted molar refractivity (Wildman–Crippen MR) is 70.8 cm³/mol. The number of carboxylic acid groups (broad SMARTS) is 1. The summed E-state index contributed by atoms with van der Waals surface area (Å²) in [6.07, 6.45) is 0.727. The quantitative estimate of drug-likeness (QED) is 0.694. The Balaban J connectivity index is 4.60. The van der Waals surface area contributed by atoms with Crippen LogP contribution in [0.3, 0.4) is 0 Å². The molecule has 0 aromatic rings. The molecule has 7 nitrogen and oxygen atoms in total. The first-order valence-electron chi connectivity index (χ1n) is 6.26. The van der Waals surface area contributed by atoms with Crippen molar-refractivity contribution in [3.8, 4) is 0 Å². The molecule has 19 heavy (non-hydrogen) atoms. The van der Waals surface area contributed by atoms with E-state index in [-0.39, 0.29) is 25.0 Å². The first-order chi connectivity index (χ1) is 8.83. The van der Waals surface area contributed by atoms with Gasteiger partial charge in [0.1, 0.15) is 6.54 Å².